The molecule has 2 amide bonds. The van der Waals surface area contributed by atoms with Crippen LogP contribution in [0.1, 0.15) is 25.7 Å². The summed E-state index contributed by atoms with van der Waals surface area (Å²) in [5.41, 5.74) is 3.77. The van der Waals surface area contributed by atoms with E-state index in [-0.39, 0.29) is 23.9 Å². The van der Waals surface area contributed by atoms with Gasteiger partial charge in [-0.05, 0) is 49.9 Å². The fraction of sp³-hybridized carbons (Fsp3) is 0.421. The zero-order valence-corrected chi connectivity index (χ0v) is 15.4. The fourth-order valence-corrected chi connectivity index (χ4v) is 3.84. The number of hydrazine groups is 1. The van der Waals surface area contributed by atoms with Crippen molar-refractivity contribution < 1.29 is 4.79 Å². The number of anilines is 4. The summed E-state index contributed by atoms with van der Waals surface area (Å²) in [4.78, 5) is 25.8. The molecule has 1 saturated heterocycles. The Morgan fingerprint density at radius 3 is 2.89 bits per heavy atom. The highest BCUT2D eigenvalue weighted by Crippen LogP contribution is 2.39. The number of rotatable bonds is 4. The summed E-state index contributed by atoms with van der Waals surface area (Å²) in [6.45, 7) is 1.70. The molecular weight excluding hydrogens is 358 g/mol. The van der Waals surface area contributed by atoms with Crippen LogP contribution in [0.3, 0.4) is 0 Å². The van der Waals surface area contributed by atoms with E-state index in [1.165, 1.54) is 0 Å². The van der Waals surface area contributed by atoms with Crippen LogP contribution in [-0.4, -0.2) is 41.2 Å². The maximum absolute atomic E-state index is 13.1. The van der Waals surface area contributed by atoms with Crippen molar-refractivity contribution in [2.75, 3.05) is 33.4 Å². The van der Waals surface area contributed by atoms with E-state index in [9.17, 15) is 10.0 Å². The number of piperidine rings is 1. The van der Waals surface area contributed by atoms with Crippen molar-refractivity contribution in [1.82, 2.24) is 15.4 Å². The lowest BCUT2D eigenvalue weighted by Gasteiger charge is -2.46. The van der Waals surface area contributed by atoms with Crippen molar-refractivity contribution >= 4 is 29.2 Å². The highest BCUT2D eigenvalue weighted by atomic mass is 16.5. The average molecular weight is 380 g/mol. The van der Waals surface area contributed by atoms with E-state index in [0.717, 1.165) is 44.5 Å². The van der Waals surface area contributed by atoms with Gasteiger partial charge in [0.2, 0.25) is 0 Å². The number of pyridine rings is 2. The van der Waals surface area contributed by atoms with Crippen molar-refractivity contribution in [3.05, 3.63) is 41.7 Å². The number of nitrogens with zero attached hydrogens (tertiary/aromatic N) is 5. The average Bonchev–Trinajstić information content (AvgIpc) is 3.52. The Bertz CT molecular complexity index is 874. The normalized spacial score (nSPS) is 20.5. The summed E-state index contributed by atoms with van der Waals surface area (Å²) >= 11 is 0. The van der Waals surface area contributed by atoms with Gasteiger partial charge in [0.25, 0.3) is 0 Å². The lowest BCUT2D eigenvalue weighted by molar-refractivity contribution is 0.252. The van der Waals surface area contributed by atoms with Crippen molar-refractivity contribution in [3.8, 4) is 0 Å². The smallest absolute Gasteiger partial charge is 0.329 e. The second-order valence-corrected chi connectivity index (χ2v) is 7.47. The minimum Gasteiger partial charge on any atom is -0.742 e. The van der Waals surface area contributed by atoms with Crippen LogP contribution in [0.25, 0.3) is 0 Å². The van der Waals surface area contributed by atoms with Crippen molar-refractivity contribution in [2.45, 2.75) is 37.8 Å². The number of carbonyl (C=O) groups excluding carboxylic acids is 1. The van der Waals surface area contributed by atoms with Gasteiger partial charge in [0.1, 0.15) is 11.6 Å². The van der Waals surface area contributed by atoms with Crippen LogP contribution in [0.15, 0.2) is 36.5 Å². The van der Waals surface area contributed by atoms with E-state index in [1.807, 2.05) is 12.1 Å². The molecule has 1 saturated carbocycles. The van der Waals surface area contributed by atoms with E-state index >= 15 is 0 Å². The molecule has 1 atom stereocenters. The number of hydrogen-bond donors (Lipinski definition) is 2. The van der Waals surface area contributed by atoms with E-state index in [4.69, 9.17) is 0 Å². The lowest BCUT2D eigenvalue weighted by atomic mass is 10.00. The van der Waals surface area contributed by atoms with Crippen molar-refractivity contribution in [2.24, 2.45) is 0 Å². The highest BCUT2D eigenvalue weighted by molar-refractivity contribution is 6.04. The van der Waals surface area contributed by atoms with Crippen LogP contribution in [0.4, 0.5) is 27.9 Å². The molecule has 0 aromatic carbocycles. The summed E-state index contributed by atoms with van der Waals surface area (Å²) in [5, 5.41) is 16.0. The molecule has 2 N–H and O–H groups in total. The summed E-state index contributed by atoms with van der Waals surface area (Å²) in [6.07, 6.45) is 5.54. The molecule has 0 spiro atoms. The van der Waals surface area contributed by atoms with Crippen LogP contribution >= 0.6 is 0 Å². The summed E-state index contributed by atoms with van der Waals surface area (Å²) < 4.78 is 0. The van der Waals surface area contributed by atoms with Gasteiger partial charge in [0.05, 0.1) is 11.7 Å². The number of urea groups is 1. The van der Waals surface area contributed by atoms with Crippen LogP contribution in [0.2, 0.25) is 0 Å². The molecule has 2 bridgehead atoms. The summed E-state index contributed by atoms with van der Waals surface area (Å²) in [7, 11) is 0. The molecule has 1 aliphatic carbocycles. The Hall–Kier alpha value is -2.91. The molecule has 0 radical (unpaired) electrons. The Morgan fingerprint density at radius 1 is 1.21 bits per heavy atom. The first-order valence-corrected chi connectivity index (χ1v) is 9.70. The molecular formula is C19H22N7O2-. The maximum atomic E-state index is 13.1. The maximum Gasteiger partial charge on any atom is 0.329 e. The third-order valence-electron chi connectivity index (χ3n) is 5.37. The molecule has 28 heavy (non-hydrogen) atoms. The van der Waals surface area contributed by atoms with E-state index in [1.54, 1.807) is 29.3 Å². The van der Waals surface area contributed by atoms with Gasteiger partial charge in [-0.2, -0.15) is 0 Å². The quantitative estimate of drug-likeness (QED) is 0.786. The third-order valence-corrected chi connectivity index (χ3v) is 5.37. The molecule has 3 aliphatic rings. The molecule has 2 aliphatic heterocycles. The van der Waals surface area contributed by atoms with Crippen LogP contribution in [0.5, 0.6) is 0 Å². The SMILES string of the molecule is O=C(Nc1ccccn1)N1c2nc(N([O-])NC3CC3)ccc2N2CCC[C@H]1C2. The molecule has 2 fully saturated rings. The first kappa shape index (κ1) is 17.2. The molecule has 2 aromatic heterocycles. The zero-order chi connectivity index (χ0) is 19.1. The molecule has 146 valence electrons. The third kappa shape index (κ3) is 3.23. The number of fused-ring (bicyclic) bond motifs is 4. The second-order valence-electron chi connectivity index (χ2n) is 7.47. The Kier molecular flexibility index (Phi) is 4.25. The Morgan fingerprint density at radius 2 is 2.11 bits per heavy atom. The van der Waals surface area contributed by atoms with E-state index in [0.29, 0.717) is 16.8 Å². The number of amides is 2. The summed E-state index contributed by atoms with van der Waals surface area (Å²) in [6, 6.07) is 8.94. The van der Waals surface area contributed by atoms with Gasteiger partial charge in [-0.25, -0.2) is 20.2 Å². The van der Waals surface area contributed by atoms with Crippen LogP contribution < -0.4 is 25.7 Å². The second kappa shape index (κ2) is 6.92. The number of nitrogens with one attached hydrogen (secondary N) is 2. The molecule has 5 rings (SSSR count). The highest BCUT2D eigenvalue weighted by Gasteiger charge is 2.38. The standard InChI is InChI=1S/C19H22N7O2/c27-19(21-16-5-1-2-10-20-16)25-14-4-3-11-24(12-14)15-8-9-17(22-18(15)25)26(28)23-13-6-7-13/h1-2,5,8-10,13-14,23H,3-4,6-7,11-12H2,(H,20,21,27)/q-1/t14-/m0/s1. The van der Waals surface area contributed by atoms with Gasteiger partial charge in [0.15, 0.2) is 5.82 Å². The van der Waals surface area contributed by atoms with Crippen molar-refractivity contribution in [1.29, 1.82) is 0 Å². The van der Waals surface area contributed by atoms with Gasteiger partial charge in [-0.3, -0.25) is 10.2 Å². The van der Waals surface area contributed by atoms with Crippen LogP contribution in [-0.2, 0) is 0 Å². The largest absolute Gasteiger partial charge is 0.742 e. The van der Waals surface area contributed by atoms with E-state index < -0.39 is 0 Å². The molecule has 2 aromatic rings. The fourth-order valence-electron chi connectivity index (χ4n) is 3.84. The molecule has 0 unspecified atom stereocenters. The monoisotopic (exact) mass is 380 g/mol. The Labute approximate surface area is 162 Å². The predicted octanol–water partition coefficient (Wildman–Crippen LogP) is 2.47. The zero-order valence-electron chi connectivity index (χ0n) is 15.4. The summed E-state index contributed by atoms with van der Waals surface area (Å²) in [5.74, 6) is 1.28. The van der Waals surface area contributed by atoms with Crippen LogP contribution in [0, 0.1) is 5.21 Å². The minimum absolute atomic E-state index is 0.0178. The minimum atomic E-state index is -0.274. The predicted molar refractivity (Wildman–Crippen MR) is 107 cm³/mol. The number of carbonyl (C=O) groups is 1. The molecule has 9 heteroatoms. The van der Waals surface area contributed by atoms with Gasteiger partial charge in [-0.15, -0.1) is 0 Å². The number of aromatic nitrogens is 2. The van der Waals surface area contributed by atoms with Gasteiger partial charge in [0, 0.05) is 25.3 Å². The topological polar surface area (TPSA) is 99.7 Å². The first-order valence-electron chi connectivity index (χ1n) is 9.70. The van der Waals surface area contributed by atoms with Gasteiger partial charge < -0.3 is 15.3 Å². The van der Waals surface area contributed by atoms with Gasteiger partial charge >= 0.3 is 6.03 Å². The van der Waals surface area contributed by atoms with E-state index in [2.05, 4.69) is 25.6 Å². The van der Waals surface area contributed by atoms with Gasteiger partial charge in [-0.1, -0.05) is 6.07 Å². The molecule has 9 nitrogen and oxygen atoms in total. The lowest BCUT2D eigenvalue weighted by Crippen LogP contribution is -2.56. The first-order chi connectivity index (χ1) is 13.7. The van der Waals surface area contributed by atoms with Crippen molar-refractivity contribution in [3.63, 3.8) is 0 Å². The Balaban J connectivity index is 1.48. The number of hydrogen-bond acceptors (Lipinski definition) is 7. The molecule has 4 heterocycles.